The number of carbonyl (C=O) groups excluding carboxylic acids is 2. The zero-order chi connectivity index (χ0) is 20.2. The molecule has 0 saturated carbocycles. The van der Waals surface area contributed by atoms with Crippen LogP contribution in [-0.2, 0) is 14.3 Å². The fourth-order valence-corrected chi connectivity index (χ4v) is 1.91. The Balaban J connectivity index is 0. The van der Waals surface area contributed by atoms with Crippen molar-refractivity contribution in [2.75, 3.05) is 26.2 Å². The van der Waals surface area contributed by atoms with Gasteiger partial charge in [-0.25, -0.2) is 4.79 Å². The minimum atomic E-state index is -0.560. The number of amides is 1. The maximum atomic E-state index is 11.9. The van der Waals surface area contributed by atoms with Gasteiger partial charge in [-0.05, 0) is 54.9 Å². The Morgan fingerprint density at radius 2 is 1.67 bits per heavy atom. The van der Waals surface area contributed by atoms with Crippen LogP contribution in [0.3, 0.4) is 0 Å². The Morgan fingerprint density at radius 3 is 2.19 bits per heavy atom. The molecule has 0 aromatic rings. The Hall–Kier alpha value is -1.26. The van der Waals surface area contributed by atoms with E-state index in [4.69, 9.17) is 9.47 Å². The lowest BCUT2D eigenvalue weighted by Crippen LogP contribution is -2.49. The summed E-state index contributed by atoms with van der Waals surface area (Å²) < 4.78 is 10.2. The van der Waals surface area contributed by atoms with Crippen LogP contribution in [0.5, 0.6) is 0 Å². The number of aliphatic imine (C=N–C) groups is 1. The van der Waals surface area contributed by atoms with E-state index in [-0.39, 0.29) is 29.9 Å². The lowest BCUT2D eigenvalue weighted by molar-refractivity contribution is -0.143. The van der Waals surface area contributed by atoms with Gasteiger partial charge in [0.2, 0.25) is 0 Å². The Morgan fingerprint density at radius 1 is 1.04 bits per heavy atom. The summed E-state index contributed by atoms with van der Waals surface area (Å²) in [6.45, 7) is 15.1. The number of ether oxygens (including phenoxy) is 2. The number of rotatable bonds is 9. The SMILES string of the molecule is CCNC(=NCC(C)(C)NC(=O)OC(C)(C)C)NCCCC(=O)OCC.I. The van der Waals surface area contributed by atoms with Gasteiger partial charge in [0.1, 0.15) is 5.60 Å². The minimum absolute atomic E-state index is 0. The van der Waals surface area contributed by atoms with Gasteiger partial charge >= 0.3 is 12.1 Å². The van der Waals surface area contributed by atoms with E-state index >= 15 is 0 Å². The van der Waals surface area contributed by atoms with Gasteiger partial charge in [-0.3, -0.25) is 9.79 Å². The first kappa shape index (κ1) is 28.0. The third kappa shape index (κ3) is 16.6. The third-order valence-electron chi connectivity index (χ3n) is 2.97. The first-order valence-electron chi connectivity index (χ1n) is 9.18. The molecule has 0 saturated heterocycles. The molecule has 1 amide bonds. The fourth-order valence-electron chi connectivity index (χ4n) is 1.91. The number of alkyl carbamates (subject to hydrolysis) is 1. The second-order valence-electron chi connectivity index (χ2n) is 7.54. The van der Waals surface area contributed by atoms with Crippen LogP contribution >= 0.6 is 24.0 Å². The normalized spacial score (nSPS) is 11.9. The van der Waals surface area contributed by atoms with Gasteiger partial charge in [0, 0.05) is 19.5 Å². The van der Waals surface area contributed by atoms with Crippen molar-refractivity contribution in [2.45, 2.75) is 72.4 Å². The van der Waals surface area contributed by atoms with Gasteiger partial charge in [-0.15, -0.1) is 24.0 Å². The van der Waals surface area contributed by atoms with Gasteiger partial charge in [-0.1, -0.05) is 0 Å². The number of nitrogens with one attached hydrogen (secondary N) is 3. The predicted molar refractivity (Wildman–Crippen MR) is 119 cm³/mol. The molecule has 0 spiro atoms. The summed E-state index contributed by atoms with van der Waals surface area (Å²) in [5.41, 5.74) is -1.10. The summed E-state index contributed by atoms with van der Waals surface area (Å²) >= 11 is 0. The van der Waals surface area contributed by atoms with Gasteiger partial charge in [0.15, 0.2) is 5.96 Å². The topological polar surface area (TPSA) is 101 Å². The zero-order valence-corrected chi connectivity index (χ0v) is 20.1. The number of halogens is 1. The molecule has 0 aliphatic heterocycles. The third-order valence-corrected chi connectivity index (χ3v) is 2.97. The van der Waals surface area contributed by atoms with Gasteiger partial charge < -0.3 is 25.4 Å². The Bertz CT molecular complexity index is 476. The van der Waals surface area contributed by atoms with Crippen LogP contribution < -0.4 is 16.0 Å². The van der Waals surface area contributed by atoms with Gasteiger partial charge in [-0.2, -0.15) is 0 Å². The van der Waals surface area contributed by atoms with Crippen molar-refractivity contribution in [3.05, 3.63) is 0 Å². The monoisotopic (exact) mass is 500 g/mol. The maximum absolute atomic E-state index is 11.9. The van der Waals surface area contributed by atoms with Crippen LogP contribution in [0.4, 0.5) is 4.79 Å². The molecular weight excluding hydrogens is 463 g/mol. The standard InChI is InChI=1S/C18H36N4O4.HI/c1-8-19-15(20-12-10-11-14(23)25-9-2)21-13-18(6,7)22-16(24)26-17(3,4)5;/h8-13H2,1-7H3,(H,22,24)(H2,19,20,21);1H. The molecule has 0 unspecified atom stereocenters. The number of nitrogens with zero attached hydrogens (tertiary/aromatic N) is 1. The molecule has 27 heavy (non-hydrogen) atoms. The molecule has 9 heteroatoms. The van der Waals surface area contributed by atoms with Gasteiger partial charge in [0.05, 0.1) is 18.7 Å². The molecule has 0 radical (unpaired) electrons. The molecule has 0 aliphatic rings. The van der Waals surface area contributed by atoms with E-state index in [0.717, 1.165) is 0 Å². The summed E-state index contributed by atoms with van der Waals surface area (Å²) in [5.74, 6) is 0.439. The van der Waals surface area contributed by atoms with Crippen LogP contribution in [0.1, 0.15) is 61.3 Å². The van der Waals surface area contributed by atoms with Crippen molar-refractivity contribution in [3.8, 4) is 0 Å². The zero-order valence-electron chi connectivity index (χ0n) is 17.7. The smallest absolute Gasteiger partial charge is 0.408 e. The first-order chi connectivity index (χ1) is 12.0. The molecule has 8 nitrogen and oxygen atoms in total. The molecule has 0 aromatic heterocycles. The van der Waals surface area contributed by atoms with E-state index in [1.54, 1.807) is 6.92 Å². The molecule has 0 bridgehead atoms. The molecule has 3 N–H and O–H groups in total. The Labute approximate surface area is 180 Å². The molecule has 0 rings (SSSR count). The highest BCUT2D eigenvalue weighted by atomic mass is 127. The second-order valence-corrected chi connectivity index (χ2v) is 7.54. The predicted octanol–water partition coefficient (Wildman–Crippen LogP) is 2.81. The highest BCUT2D eigenvalue weighted by Crippen LogP contribution is 2.09. The molecule has 0 fully saturated rings. The van der Waals surface area contributed by atoms with E-state index in [0.29, 0.717) is 45.0 Å². The summed E-state index contributed by atoms with van der Waals surface area (Å²) in [7, 11) is 0. The van der Waals surface area contributed by atoms with E-state index in [1.807, 2.05) is 41.5 Å². The minimum Gasteiger partial charge on any atom is -0.466 e. The largest absolute Gasteiger partial charge is 0.466 e. The molecule has 0 atom stereocenters. The highest BCUT2D eigenvalue weighted by Gasteiger charge is 2.24. The first-order valence-corrected chi connectivity index (χ1v) is 9.18. The Kier molecular flexibility index (Phi) is 14.3. The summed E-state index contributed by atoms with van der Waals surface area (Å²) in [5, 5.41) is 9.13. The fraction of sp³-hybridized carbons (Fsp3) is 0.833. The van der Waals surface area contributed by atoms with Crippen molar-refractivity contribution in [3.63, 3.8) is 0 Å². The van der Waals surface area contributed by atoms with E-state index in [2.05, 4.69) is 20.9 Å². The average molecular weight is 500 g/mol. The number of hydrogen-bond acceptors (Lipinski definition) is 5. The van der Waals surface area contributed by atoms with Crippen molar-refractivity contribution in [1.82, 2.24) is 16.0 Å². The van der Waals surface area contributed by atoms with Crippen LogP contribution in [-0.4, -0.2) is 55.4 Å². The molecule has 0 heterocycles. The average Bonchev–Trinajstić information content (AvgIpc) is 2.46. The molecule has 160 valence electrons. The van der Waals surface area contributed by atoms with Crippen molar-refractivity contribution in [2.24, 2.45) is 4.99 Å². The van der Waals surface area contributed by atoms with Crippen LogP contribution in [0.15, 0.2) is 4.99 Å². The van der Waals surface area contributed by atoms with Gasteiger partial charge in [0.25, 0.3) is 0 Å². The van der Waals surface area contributed by atoms with Crippen molar-refractivity contribution in [1.29, 1.82) is 0 Å². The number of hydrogen-bond donors (Lipinski definition) is 3. The summed E-state index contributed by atoms with van der Waals surface area (Å²) in [6.07, 6.45) is 0.555. The van der Waals surface area contributed by atoms with E-state index in [9.17, 15) is 9.59 Å². The molecular formula is C18H37IN4O4. The lowest BCUT2D eigenvalue weighted by Gasteiger charge is -2.27. The maximum Gasteiger partial charge on any atom is 0.408 e. The van der Waals surface area contributed by atoms with E-state index in [1.165, 1.54) is 0 Å². The quantitative estimate of drug-likeness (QED) is 0.148. The second kappa shape index (κ2) is 13.8. The van der Waals surface area contributed by atoms with Crippen LogP contribution in [0.25, 0.3) is 0 Å². The number of esters is 1. The summed E-state index contributed by atoms with van der Waals surface area (Å²) in [4.78, 5) is 27.7. The number of carbonyl (C=O) groups is 2. The highest BCUT2D eigenvalue weighted by molar-refractivity contribution is 14.0. The molecule has 0 aromatic carbocycles. The van der Waals surface area contributed by atoms with Crippen molar-refractivity contribution < 1.29 is 19.1 Å². The van der Waals surface area contributed by atoms with Crippen LogP contribution in [0.2, 0.25) is 0 Å². The summed E-state index contributed by atoms with van der Waals surface area (Å²) in [6, 6.07) is 0. The van der Waals surface area contributed by atoms with E-state index < -0.39 is 17.2 Å². The number of guanidine groups is 1. The van der Waals surface area contributed by atoms with Crippen LogP contribution in [0, 0.1) is 0 Å². The lowest BCUT2D eigenvalue weighted by atomic mass is 10.1. The van der Waals surface area contributed by atoms with Crippen molar-refractivity contribution >= 4 is 42.0 Å². The molecule has 0 aliphatic carbocycles.